The molecule has 2 amide bonds. The summed E-state index contributed by atoms with van der Waals surface area (Å²) in [5.41, 5.74) is -0.109. The summed E-state index contributed by atoms with van der Waals surface area (Å²) in [6.45, 7) is -0.432. The van der Waals surface area contributed by atoms with Crippen LogP contribution in [0.25, 0.3) is 0 Å². The Labute approximate surface area is 181 Å². The summed E-state index contributed by atoms with van der Waals surface area (Å²) in [5.74, 6) is -4.15. The minimum absolute atomic E-state index is 0.159. The molecule has 0 bridgehead atoms. The highest BCUT2D eigenvalue weighted by molar-refractivity contribution is 7.90. The van der Waals surface area contributed by atoms with Gasteiger partial charge in [-0.1, -0.05) is 36.4 Å². The number of hydrogen-bond acceptors (Lipinski definition) is 6. The van der Waals surface area contributed by atoms with E-state index >= 15 is 0 Å². The maximum absolute atomic E-state index is 12.7. The van der Waals surface area contributed by atoms with E-state index < -0.39 is 57.9 Å². The number of carbonyl (C=O) groups is 2. The molecule has 0 aliphatic heterocycles. The van der Waals surface area contributed by atoms with Crippen LogP contribution in [0.1, 0.15) is 15.9 Å². The number of para-hydroxylation sites is 1. The van der Waals surface area contributed by atoms with Crippen molar-refractivity contribution in [1.82, 2.24) is 10.6 Å². The third kappa shape index (κ3) is 7.92. The number of alkyl halides is 3. The molecule has 0 radical (unpaired) electrons. The van der Waals surface area contributed by atoms with Gasteiger partial charge in [-0.15, -0.1) is 13.2 Å². The van der Waals surface area contributed by atoms with E-state index in [2.05, 4.69) is 15.4 Å². The normalized spacial score (nSPS) is 12.3. The van der Waals surface area contributed by atoms with Gasteiger partial charge in [0.2, 0.25) is 5.91 Å². The quantitative estimate of drug-likeness (QED) is 0.541. The van der Waals surface area contributed by atoms with Gasteiger partial charge < -0.3 is 15.4 Å². The van der Waals surface area contributed by atoms with E-state index in [1.54, 1.807) is 24.3 Å². The number of sulfone groups is 1. The first kappa shape index (κ1) is 24.7. The Hall–Kier alpha value is -3.59. The summed E-state index contributed by atoms with van der Waals surface area (Å²) >= 11 is 0. The smallest absolute Gasteiger partial charge is 0.405 e. The highest BCUT2D eigenvalue weighted by Crippen LogP contribution is 2.27. The van der Waals surface area contributed by atoms with E-state index in [9.17, 15) is 31.2 Å². The highest BCUT2D eigenvalue weighted by atomic mass is 32.2. The van der Waals surface area contributed by atoms with Gasteiger partial charge >= 0.3 is 6.36 Å². The molecule has 32 heavy (non-hydrogen) atoms. The topological polar surface area (TPSA) is 125 Å². The van der Waals surface area contributed by atoms with Crippen molar-refractivity contribution in [1.29, 1.82) is 5.26 Å². The average Bonchev–Trinajstić information content (AvgIpc) is 2.72. The molecule has 2 rings (SSSR count). The third-order valence-corrected chi connectivity index (χ3v) is 5.59. The predicted octanol–water partition coefficient (Wildman–Crippen LogP) is 1.94. The molecule has 0 saturated carbocycles. The van der Waals surface area contributed by atoms with E-state index in [1.165, 1.54) is 24.3 Å². The lowest BCUT2D eigenvalue weighted by Crippen LogP contribution is -2.50. The Morgan fingerprint density at radius 2 is 1.69 bits per heavy atom. The summed E-state index contributed by atoms with van der Waals surface area (Å²) in [4.78, 5) is 24.7. The zero-order chi connectivity index (χ0) is 23.8. The molecule has 12 heteroatoms. The molecule has 2 N–H and O–H groups in total. The number of amides is 2. The zero-order valence-electron chi connectivity index (χ0n) is 16.4. The number of nitrogens with one attached hydrogen (secondary N) is 2. The van der Waals surface area contributed by atoms with Crippen molar-refractivity contribution < 1.29 is 35.9 Å². The second kappa shape index (κ2) is 10.6. The lowest BCUT2D eigenvalue weighted by Gasteiger charge is -2.19. The molecule has 8 nitrogen and oxygen atoms in total. The van der Waals surface area contributed by atoms with Crippen LogP contribution < -0.4 is 15.4 Å². The summed E-state index contributed by atoms with van der Waals surface area (Å²) < 4.78 is 67.0. The average molecular weight is 469 g/mol. The van der Waals surface area contributed by atoms with Crippen molar-refractivity contribution >= 4 is 21.7 Å². The zero-order valence-corrected chi connectivity index (χ0v) is 17.2. The number of rotatable bonds is 9. The molecule has 0 aliphatic rings. The van der Waals surface area contributed by atoms with E-state index in [0.717, 1.165) is 12.1 Å². The van der Waals surface area contributed by atoms with Crippen LogP contribution in [0.4, 0.5) is 13.2 Å². The van der Waals surface area contributed by atoms with Crippen molar-refractivity contribution in [2.45, 2.75) is 18.2 Å². The van der Waals surface area contributed by atoms with Crippen molar-refractivity contribution in [3.8, 4) is 11.8 Å². The molecule has 0 aliphatic carbocycles. The SMILES string of the molecule is N#CCNC(=O)C(CS(=O)(=O)Cc1ccccc1OC(F)(F)F)NC(=O)c1ccccc1. The Bertz CT molecular complexity index is 1100. The van der Waals surface area contributed by atoms with E-state index in [0.29, 0.717) is 0 Å². The summed E-state index contributed by atoms with van der Waals surface area (Å²) in [6, 6.07) is 12.4. The second-order valence-corrected chi connectivity index (χ2v) is 8.59. The minimum atomic E-state index is -5.02. The monoisotopic (exact) mass is 469 g/mol. The maximum atomic E-state index is 12.7. The van der Waals surface area contributed by atoms with E-state index in [4.69, 9.17) is 5.26 Å². The van der Waals surface area contributed by atoms with Gasteiger partial charge in [-0.3, -0.25) is 9.59 Å². The fourth-order valence-corrected chi connectivity index (χ4v) is 4.23. The van der Waals surface area contributed by atoms with Crippen molar-refractivity contribution in [2.24, 2.45) is 0 Å². The lowest BCUT2D eigenvalue weighted by atomic mass is 10.2. The number of nitrogens with zero attached hydrogens (tertiary/aromatic N) is 1. The molecule has 2 aromatic rings. The Morgan fingerprint density at radius 3 is 2.31 bits per heavy atom. The molecule has 0 heterocycles. The largest absolute Gasteiger partial charge is 0.573 e. The fraction of sp³-hybridized carbons (Fsp3) is 0.250. The van der Waals surface area contributed by atoms with E-state index in [-0.39, 0.29) is 11.1 Å². The van der Waals surface area contributed by atoms with Gasteiger partial charge in [-0.2, -0.15) is 5.26 Å². The molecule has 0 saturated heterocycles. The van der Waals surface area contributed by atoms with E-state index in [1.807, 2.05) is 0 Å². The summed E-state index contributed by atoms with van der Waals surface area (Å²) in [6.07, 6.45) is -5.02. The molecule has 0 spiro atoms. The summed E-state index contributed by atoms with van der Waals surface area (Å²) in [5, 5.41) is 13.1. The first-order chi connectivity index (χ1) is 15.0. The molecule has 1 unspecified atom stereocenters. The number of halogens is 3. The van der Waals surface area contributed by atoms with Crippen molar-refractivity contribution in [3.05, 3.63) is 65.7 Å². The van der Waals surface area contributed by atoms with Crippen LogP contribution in [0.15, 0.2) is 54.6 Å². The van der Waals surface area contributed by atoms with Crippen LogP contribution in [-0.4, -0.2) is 44.9 Å². The van der Waals surface area contributed by atoms with Crippen LogP contribution in [0.3, 0.4) is 0 Å². The maximum Gasteiger partial charge on any atom is 0.573 e. The second-order valence-electron chi connectivity index (χ2n) is 6.48. The lowest BCUT2D eigenvalue weighted by molar-refractivity contribution is -0.274. The molecule has 0 fully saturated rings. The predicted molar refractivity (Wildman–Crippen MR) is 107 cm³/mol. The van der Waals surface area contributed by atoms with Crippen LogP contribution >= 0.6 is 0 Å². The minimum Gasteiger partial charge on any atom is -0.405 e. The van der Waals surface area contributed by atoms with Gasteiger partial charge in [-0.25, -0.2) is 8.42 Å². The van der Waals surface area contributed by atoms with Gasteiger partial charge in [-0.05, 0) is 18.2 Å². The molecule has 1 atom stereocenters. The number of nitriles is 1. The molecular weight excluding hydrogens is 451 g/mol. The van der Waals surface area contributed by atoms with Gasteiger partial charge in [0, 0.05) is 11.1 Å². The van der Waals surface area contributed by atoms with Gasteiger partial charge in [0.1, 0.15) is 18.3 Å². The first-order valence-corrected chi connectivity index (χ1v) is 10.9. The van der Waals surface area contributed by atoms with Gasteiger partial charge in [0.05, 0.1) is 17.6 Å². The molecule has 0 aromatic heterocycles. The number of ether oxygens (including phenoxy) is 1. The van der Waals surface area contributed by atoms with Gasteiger partial charge in [0.15, 0.2) is 9.84 Å². The Kier molecular flexibility index (Phi) is 8.20. The van der Waals surface area contributed by atoms with Crippen LogP contribution in [-0.2, 0) is 20.4 Å². The van der Waals surface area contributed by atoms with Crippen molar-refractivity contribution in [3.63, 3.8) is 0 Å². The van der Waals surface area contributed by atoms with Crippen LogP contribution in [0.5, 0.6) is 5.75 Å². The molecule has 2 aromatic carbocycles. The number of benzene rings is 2. The first-order valence-electron chi connectivity index (χ1n) is 9.05. The Morgan fingerprint density at radius 1 is 1.06 bits per heavy atom. The van der Waals surface area contributed by atoms with Gasteiger partial charge in [0.25, 0.3) is 5.91 Å². The molecular formula is C20H18F3N3O5S. The fourth-order valence-electron chi connectivity index (χ4n) is 2.66. The highest BCUT2D eigenvalue weighted by Gasteiger charge is 2.33. The number of carbonyl (C=O) groups excluding carboxylic acids is 2. The number of hydrogen-bond donors (Lipinski definition) is 2. The van der Waals surface area contributed by atoms with Crippen LogP contribution in [0.2, 0.25) is 0 Å². The summed E-state index contributed by atoms with van der Waals surface area (Å²) in [7, 11) is -4.22. The standard InChI is InChI=1S/C20H18F3N3O5S/c21-20(22,23)31-17-9-5-4-8-15(17)12-32(29,30)13-16(19(28)25-11-10-24)26-18(27)14-6-2-1-3-7-14/h1-9,16H,11-13H2,(H,25,28)(H,26,27). The Balaban J connectivity index is 2.23. The van der Waals surface area contributed by atoms with Crippen molar-refractivity contribution in [2.75, 3.05) is 12.3 Å². The third-order valence-electron chi connectivity index (χ3n) is 3.99. The van der Waals surface area contributed by atoms with Crippen LogP contribution in [0, 0.1) is 11.3 Å². The molecule has 170 valence electrons.